The van der Waals surface area contributed by atoms with E-state index in [-0.39, 0.29) is 11.9 Å². The van der Waals surface area contributed by atoms with Gasteiger partial charge in [0.25, 0.3) is 0 Å². The van der Waals surface area contributed by atoms with Crippen molar-refractivity contribution in [3.63, 3.8) is 0 Å². The van der Waals surface area contributed by atoms with Crippen LogP contribution in [0.3, 0.4) is 0 Å². The molecule has 1 amide bonds. The van der Waals surface area contributed by atoms with Gasteiger partial charge >= 0.3 is 0 Å². The Balaban J connectivity index is 1.90. The molecular weight excluding hydrogens is 240 g/mol. The van der Waals surface area contributed by atoms with E-state index in [1.165, 1.54) is 0 Å². The molecule has 0 saturated carbocycles. The predicted molar refractivity (Wildman–Crippen MR) is 73.7 cm³/mol. The van der Waals surface area contributed by atoms with Crippen molar-refractivity contribution >= 4 is 5.91 Å². The van der Waals surface area contributed by atoms with Crippen molar-refractivity contribution < 1.29 is 4.79 Å². The molecule has 0 fully saturated rings. The molecule has 1 heterocycles. The van der Waals surface area contributed by atoms with Crippen LogP contribution in [-0.4, -0.2) is 21.7 Å². The number of nitrogens with two attached hydrogens (primary N) is 1. The fourth-order valence-corrected chi connectivity index (χ4v) is 1.85. The Morgan fingerprint density at radius 1 is 1.42 bits per heavy atom. The molecule has 5 heteroatoms. The third kappa shape index (κ3) is 3.93. The van der Waals surface area contributed by atoms with Gasteiger partial charge in [-0.1, -0.05) is 12.1 Å². The molecule has 2 aromatic rings. The lowest BCUT2D eigenvalue weighted by Crippen LogP contribution is -2.30. The summed E-state index contributed by atoms with van der Waals surface area (Å²) in [5.41, 5.74) is 7.33. The molecule has 3 N–H and O–H groups in total. The molecule has 0 aliphatic rings. The Hall–Kier alpha value is -2.14. The van der Waals surface area contributed by atoms with Crippen LogP contribution in [0.15, 0.2) is 42.7 Å². The lowest BCUT2D eigenvalue weighted by molar-refractivity contribution is -0.118. The molecule has 0 spiro atoms. The van der Waals surface area contributed by atoms with E-state index in [0.717, 1.165) is 11.3 Å². The Morgan fingerprint density at radius 3 is 2.74 bits per heavy atom. The maximum atomic E-state index is 10.8. The van der Waals surface area contributed by atoms with Crippen molar-refractivity contribution in [2.24, 2.45) is 5.73 Å². The van der Waals surface area contributed by atoms with Crippen molar-refractivity contribution in [3.05, 3.63) is 48.3 Å². The van der Waals surface area contributed by atoms with Gasteiger partial charge in [0, 0.05) is 31.4 Å². The monoisotopic (exact) mass is 258 g/mol. The largest absolute Gasteiger partial charge is 0.370 e. The first-order valence-corrected chi connectivity index (χ1v) is 6.26. The molecule has 0 aliphatic heterocycles. The minimum Gasteiger partial charge on any atom is -0.370 e. The highest BCUT2D eigenvalue weighted by Gasteiger charge is 2.05. The highest BCUT2D eigenvalue weighted by molar-refractivity contribution is 5.74. The van der Waals surface area contributed by atoms with E-state index >= 15 is 0 Å². The third-order valence-corrected chi connectivity index (χ3v) is 2.87. The van der Waals surface area contributed by atoms with Crippen molar-refractivity contribution in [3.8, 4) is 5.69 Å². The summed E-state index contributed by atoms with van der Waals surface area (Å²) in [6.45, 7) is 2.66. The lowest BCUT2D eigenvalue weighted by atomic mass is 10.1. The van der Waals surface area contributed by atoms with Gasteiger partial charge < -0.3 is 11.1 Å². The molecule has 0 aliphatic carbocycles. The summed E-state index contributed by atoms with van der Waals surface area (Å²) in [5, 5.41) is 7.43. The smallest absolute Gasteiger partial charge is 0.218 e. The number of aromatic nitrogens is 2. The highest BCUT2D eigenvalue weighted by Crippen LogP contribution is 2.08. The number of rotatable bonds is 6. The van der Waals surface area contributed by atoms with Gasteiger partial charge in [-0.05, 0) is 30.7 Å². The fraction of sp³-hybridized carbons (Fsp3) is 0.286. The van der Waals surface area contributed by atoms with E-state index in [1.807, 2.05) is 48.1 Å². The van der Waals surface area contributed by atoms with E-state index < -0.39 is 0 Å². The number of primary amides is 1. The first-order valence-electron chi connectivity index (χ1n) is 6.26. The molecule has 0 radical (unpaired) electrons. The number of nitrogens with one attached hydrogen (secondary N) is 1. The summed E-state index contributed by atoms with van der Waals surface area (Å²) in [5.74, 6) is -0.283. The van der Waals surface area contributed by atoms with E-state index in [1.54, 1.807) is 6.20 Å². The summed E-state index contributed by atoms with van der Waals surface area (Å²) in [7, 11) is 0. The van der Waals surface area contributed by atoms with Crippen LogP contribution in [0.5, 0.6) is 0 Å². The third-order valence-electron chi connectivity index (χ3n) is 2.87. The number of amides is 1. The van der Waals surface area contributed by atoms with Gasteiger partial charge in [-0.3, -0.25) is 4.79 Å². The van der Waals surface area contributed by atoms with Gasteiger partial charge in [-0.15, -0.1) is 0 Å². The van der Waals surface area contributed by atoms with Crippen LogP contribution in [0.4, 0.5) is 0 Å². The summed E-state index contributed by atoms with van der Waals surface area (Å²) < 4.78 is 1.81. The number of nitrogens with zero attached hydrogens (tertiary/aromatic N) is 2. The molecular formula is C14H18N4O. The normalized spacial score (nSPS) is 12.3. The molecule has 5 nitrogen and oxygen atoms in total. The van der Waals surface area contributed by atoms with Crippen molar-refractivity contribution in [1.29, 1.82) is 0 Å². The fourth-order valence-electron chi connectivity index (χ4n) is 1.85. The van der Waals surface area contributed by atoms with Gasteiger partial charge in [0.2, 0.25) is 5.91 Å². The minimum atomic E-state index is -0.283. The zero-order chi connectivity index (χ0) is 13.7. The SMILES string of the molecule is CC(CC(N)=O)NCc1ccc(-n2cccn2)cc1. The van der Waals surface area contributed by atoms with E-state index in [0.29, 0.717) is 13.0 Å². The van der Waals surface area contributed by atoms with Gasteiger partial charge in [0.1, 0.15) is 0 Å². The lowest BCUT2D eigenvalue weighted by Gasteiger charge is -2.12. The van der Waals surface area contributed by atoms with Crippen LogP contribution in [0, 0.1) is 0 Å². The number of carbonyl (C=O) groups excluding carboxylic acids is 1. The summed E-state index contributed by atoms with van der Waals surface area (Å²) in [6.07, 6.45) is 4.01. The zero-order valence-corrected chi connectivity index (χ0v) is 10.9. The van der Waals surface area contributed by atoms with Crippen LogP contribution >= 0.6 is 0 Å². The second kappa shape index (κ2) is 6.15. The van der Waals surface area contributed by atoms with Gasteiger partial charge in [0.05, 0.1) is 5.69 Å². The van der Waals surface area contributed by atoms with E-state index in [2.05, 4.69) is 10.4 Å². The molecule has 1 unspecified atom stereocenters. The number of hydrogen-bond acceptors (Lipinski definition) is 3. The Labute approximate surface area is 112 Å². The van der Waals surface area contributed by atoms with Gasteiger partial charge in [-0.2, -0.15) is 5.10 Å². The van der Waals surface area contributed by atoms with E-state index in [4.69, 9.17) is 5.73 Å². The standard InChI is InChI=1S/C14H18N4O/c1-11(9-14(15)19)16-10-12-3-5-13(6-4-12)18-8-2-7-17-18/h2-8,11,16H,9-10H2,1H3,(H2,15,19). The summed E-state index contributed by atoms with van der Waals surface area (Å²) in [6, 6.07) is 10.1. The van der Waals surface area contributed by atoms with Gasteiger partial charge in [-0.25, -0.2) is 4.68 Å². The highest BCUT2D eigenvalue weighted by atomic mass is 16.1. The average molecular weight is 258 g/mol. The average Bonchev–Trinajstić information content (AvgIpc) is 2.90. The molecule has 1 atom stereocenters. The topological polar surface area (TPSA) is 72.9 Å². The van der Waals surface area contributed by atoms with Crippen LogP contribution in [0.2, 0.25) is 0 Å². The van der Waals surface area contributed by atoms with E-state index in [9.17, 15) is 4.79 Å². The quantitative estimate of drug-likeness (QED) is 0.818. The maximum absolute atomic E-state index is 10.8. The van der Waals surface area contributed by atoms with Crippen LogP contribution in [0.1, 0.15) is 18.9 Å². The molecule has 0 saturated heterocycles. The number of carbonyl (C=O) groups is 1. The Bertz CT molecular complexity index is 519. The summed E-state index contributed by atoms with van der Waals surface area (Å²) >= 11 is 0. The van der Waals surface area contributed by atoms with Gasteiger partial charge in [0.15, 0.2) is 0 Å². The molecule has 19 heavy (non-hydrogen) atoms. The summed E-state index contributed by atoms with van der Waals surface area (Å²) in [4.78, 5) is 10.8. The van der Waals surface area contributed by atoms with Crippen molar-refractivity contribution in [1.82, 2.24) is 15.1 Å². The van der Waals surface area contributed by atoms with Crippen molar-refractivity contribution in [2.45, 2.75) is 25.9 Å². The number of benzene rings is 1. The minimum absolute atomic E-state index is 0.0864. The Kier molecular flexibility index (Phi) is 4.30. The molecule has 0 bridgehead atoms. The zero-order valence-electron chi connectivity index (χ0n) is 10.9. The molecule has 100 valence electrons. The molecule has 2 rings (SSSR count). The maximum Gasteiger partial charge on any atom is 0.218 e. The number of hydrogen-bond donors (Lipinski definition) is 2. The first kappa shape index (κ1) is 13.3. The van der Waals surface area contributed by atoms with Crippen LogP contribution in [-0.2, 0) is 11.3 Å². The second-order valence-electron chi connectivity index (χ2n) is 4.57. The van der Waals surface area contributed by atoms with Crippen molar-refractivity contribution in [2.75, 3.05) is 0 Å². The van der Waals surface area contributed by atoms with Crippen LogP contribution < -0.4 is 11.1 Å². The predicted octanol–water partition coefficient (Wildman–Crippen LogP) is 1.23. The van der Waals surface area contributed by atoms with Crippen LogP contribution in [0.25, 0.3) is 5.69 Å². The molecule has 1 aromatic carbocycles. The molecule has 1 aromatic heterocycles. The Morgan fingerprint density at radius 2 is 2.16 bits per heavy atom. The second-order valence-corrected chi connectivity index (χ2v) is 4.57. The first-order chi connectivity index (χ1) is 9.15.